The van der Waals surface area contributed by atoms with Crippen molar-refractivity contribution in [3.63, 3.8) is 0 Å². The lowest BCUT2D eigenvalue weighted by Crippen LogP contribution is -2.39. The van der Waals surface area contributed by atoms with Crippen LogP contribution in [0.4, 0.5) is 0 Å². The Kier molecular flexibility index (Phi) is 6.79. The summed E-state index contributed by atoms with van der Waals surface area (Å²) in [5, 5.41) is 3.70. The lowest BCUT2D eigenvalue weighted by Gasteiger charge is -2.29. The molecule has 0 aliphatic heterocycles. The first-order chi connectivity index (χ1) is 13.1. The van der Waals surface area contributed by atoms with Gasteiger partial charge in [-0.2, -0.15) is 0 Å². The van der Waals surface area contributed by atoms with E-state index in [1.54, 1.807) is 25.4 Å². The number of carbonyl (C=O) groups excluding carboxylic acids is 2. The molecule has 1 aliphatic rings. The monoisotopic (exact) mass is 390 g/mol. The van der Waals surface area contributed by atoms with Crippen LogP contribution in [0, 0.1) is 5.92 Å². The number of rotatable bonds is 7. The SMILES string of the molecule is COCCNC(=O)[C@H](C)OC(=O)[C@H]1CCCC[C@@H]1c1nc2ccccc2s1. The average Bonchev–Trinajstić information content (AvgIpc) is 3.12. The highest BCUT2D eigenvalue weighted by Crippen LogP contribution is 2.41. The maximum atomic E-state index is 12.8. The molecule has 1 saturated carbocycles. The Balaban J connectivity index is 1.67. The van der Waals surface area contributed by atoms with Crippen molar-refractivity contribution in [2.75, 3.05) is 20.3 Å². The van der Waals surface area contributed by atoms with Gasteiger partial charge in [-0.05, 0) is 31.9 Å². The number of nitrogens with zero attached hydrogens (tertiary/aromatic N) is 1. The molecular formula is C20H26N2O4S. The highest BCUT2D eigenvalue weighted by Gasteiger charge is 2.36. The molecule has 7 heteroatoms. The predicted molar refractivity (Wildman–Crippen MR) is 105 cm³/mol. The van der Waals surface area contributed by atoms with E-state index in [4.69, 9.17) is 14.5 Å². The summed E-state index contributed by atoms with van der Waals surface area (Å²) in [4.78, 5) is 29.6. The van der Waals surface area contributed by atoms with E-state index in [1.165, 1.54) is 0 Å². The average molecular weight is 391 g/mol. The van der Waals surface area contributed by atoms with E-state index >= 15 is 0 Å². The lowest BCUT2D eigenvalue weighted by molar-refractivity contribution is -0.160. The van der Waals surface area contributed by atoms with Crippen molar-refractivity contribution in [1.82, 2.24) is 10.3 Å². The molecule has 1 aromatic carbocycles. The van der Waals surface area contributed by atoms with Gasteiger partial charge in [0.2, 0.25) is 0 Å². The number of ether oxygens (including phenoxy) is 2. The summed E-state index contributed by atoms with van der Waals surface area (Å²) in [5.41, 5.74) is 0.973. The first kappa shape index (κ1) is 19.8. The molecule has 6 nitrogen and oxygen atoms in total. The van der Waals surface area contributed by atoms with Crippen LogP contribution in [0.25, 0.3) is 10.2 Å². The fourth-order valence-corrected chi connectivity index (χ4v) is 4.66. The maximum Gasteiger partial charge on any atom is 0.310 e. The molecule has 3 atom stereocenters. The molecule has 3 rings (SSSR count). The molecule has 1 heterocycles. The smallest absolute Gasteiger partial charge is 0.310 e. The van der Waals surface area contributed by atoms with E-state index in [0.717, 1.165) is 40.9 Å². The van der Waals surface area contributed by atoms with Crippen molar-refractivity contribution in [2.24, 2.45) is 5.92 Å². The van der Waals surface area contributed by atoms with Crippen LogP contribution in [0.3, 0.4) is 0 Å². The van der Waals surface area contributed by atoms with Crippen molar-refractivity contribution >= 4 is 33.4 Å². The molecule has 1 aromatic heterocycles. The van der Waals surface area contributed by atoms with E-state index in [2.05, 4.69) is 11.4 Å². The Morgan fingerprint density at radius 2 is 2.07 bits per heavy atom. The fraction of sp³-hybridized carbons (Fsp3) is 0.550. The van der Waals surface area contributed by atoms with Gasteiger partial charge in [0.15, 0.2) is 6.10 Å². The molecule has 27 heavy (non-hydrogen) atoms. The number of amides is 1. The fourth-order valence-electron chi connectivity index (χ4n) is 3.49. The van der Waals surface area contributed by atoms with E-state index in [0.29, 0.717) is 13.2 Å². The lowest BCUT2D eigenvalue weighted by atomic mass is 9.79. The molecule has 2 aromatic rings. The molecule has 1 N–H and O–H groups in total. The summed E-state index contributed by atoms with van der Waals surface area (Å²) >= 11 is 1.65. The van der Waals surface area contributed by atoms with Crippen LogP contribution >= 0.6 is 11.3 Å². The Hall–Kier alpha value is -1.99. The van der Waals surface area contributed by atoms with Crippen molar-refractivity contribution in [1.29, 1.82) is 0 Å². The molecule has 0 spiro atoms. The first-order valence-corrected chi connectivity index (χ1v) is 10.2. The number of carbonyl (C=O) groups is 2. The summed E-state index contributed by atoms with van der Waals surface area (Å²) in [5.74, 6) is -0.776. The Bertz CT molecular complexity index is 758. The van der Waals surface area contributed by atoms with Crippen LogP contribution in [0.15, 0.2) is 24.3 Å². The van der Waals surface area contributed by atoms with Crippen molar-refractivity contribution in [3.05, 3.63) is 29.3 Å². The van der Waals surface area contributed by atoms with Crippen molar-refractivity contribution in [3.8, 4) is 0 Å². The van der Waals surface area contributed by atoms with Gasteiger partial charge >= 0.3 is 5.97 Å². The number of hydrogen-bond donors (Lipinski definition) is 1. The van der Waals surface area contributed by atoms with E-state index in [9.17, 15) is 9.59 Å². The summed E-state index contributed by atoms with van der Waals surface area (Å²) in [6.07, 6.45) is 2.96. The molecule has 1 amide bonds. The minimum atomic E-state index is -0.813. The quantitative estimate of drug-likeness (QED) is 0.580. The second-order valence-electron chi connectivity index (χ2n) is 6.88. The van der Waals surface area contributed by atoms with Gasteiger partial charge in [-0.3, -0.25) is 9.59 Å². The highest BCUT2D eigenvalue weighted by atomic mass is 32.1. The molecular weight excluding hydrogens is 364 g/mol. The van der Waals surface area contributed by atoms with Gasteiger partial charge in [-0.15, -0.1) is 11.3 Å². The number of para-hydroxylation sites is 1. The maximum absolute atomic E-state index is 12.8. The van der Waals surface area contributed by atoms with Gasteiger partial charge in [-0.25, -0.2) is 4.98 Å². The van der Waals surface area contributed by atoms with Crippen LogP contribution in [-0.2, 0) is 19.1 Å². The van der Waals surface area contributed by atoms with Crippen LogP contribution < -0.4 is 5.32 Å². The minimum Gasteiger partial charge on any atom is -0.452 e. The predicted octanol–water partition coefficient (Wildman–Crippen LogP) is 3.26. The van der Waals surface area contributed by atoms with Crippen LogP contribution in [0.1, 0.15) is 43.5 Å². The summed E-state index contributed by atoms with van der Waals surface area (Å²) in [6.45, 7) is 2.43. The van der Waals surface area contributed by atoms with Gasteiger partial charge in [0.05, 0.1) is 27.7 Å². The number of benzene rings is 1. The van der Waals surface area contributed by atoms with Crippen molar-refractivity contribution < 1.29 is 19.1 Å². The van der Waals surface area contributed by atoms with Crippen LogP contribution in [0.5, 0.6) is 0 Å². The largest absolute Gasteiger partial charge is 0.452 e. The molecule has 146 valence electrons. The number of methoxy groups -OCH3 is 1. The zero-order valence-corrected chi connectivity index (χ0v) is 16.6. The molecule has 1 aliphatic carbocycles. The number of aromatic nitrogens is 1. The van der Waals surface area contributed by atoms with Crippen LogP contribution in [0.2, 0.25) is 0 Å². The van der Waals surface area contributed by atoms with Gasteiger partial charge in [-0.1, -0.05) is 25.0 Å². The van der Waals surface area contributed by atoms with Gasteiger partial charge in [0.25, 0.3) is 5.91 Å². The minimum absolute atomic E-state index is 0.0624. The second kappa shape index (κ2) is 9.28. The third-order valence-corrected chi connectivity index (χ3v) is 6.13. The second-order valence-corrected chi connectivity index (χ2v) is 7.94. The molecule has 1 fully saturated rings. The number of fused-ring (bicyclic) bond motifs is 1. The molecule has 0 bridgehead atoms. The summed E-state index contributed by atoms with van der Waals surface area (Å²) in [7, 11) is 1.57. The topological polar surface area (TPSA) is 77.5 Å². The molecule has 0 radical (unpaired) electrons. The molecule has 0 unspecified atom stereocenters. The van der Waals surface area contributed by atoms with E-state index < -0.39 is 6.10 Å². The van der Waals surface area contributed by atoms with Gasteiger partial charge in [0, 0.05) is 19.6 Å². The Morgan fingerprint density at radius 1 is 1.30 bits per heavy atom. The zero-order valence-electron chi connectivity index (χ0n) is 15.8. The number of hydrogen-bond acceptors (Lipinski definition) is 6. The highest BCUT2D eigenvalue weighted by molar-refractivity contribution is 7.18. The Labute approximate surface area is 163 Å². The van der Waals surface area contributed by atoms with E-state index in [1.807, 2.05) is 18.2 Å². The van der Waals surface area contributed by atoms with Crippen molar-refractivity contribution in [2.45, 2.75) is 44.6 Å². The summed E-state index contributed by atoms with van der Waals surface area (Å²) in [6, 6.07) is 8.03. The van der Waals surface area contributed by atoms with Gasteiger partial charge < -0.3 is 14.8 Å². The number of thiazole rings is 1. The molecule has 0 saturated heterocycles. The Morgan fingerprint density at radius 3 is 2.85 bits per heavy atom. The standard InChI is InChI=1S/C20H26N2O4S/c1-13(18(23)21-11-12-25-2)26-20(24)15-8-4-3-7-14(15)19-22-16-9-5-6-10-17(16)27-19/h5-6,9-10,13-15H,3-4,7-8,11-12H2,1-2H3,(H,21,23)/t13-,14-,15-/m0/s1. The number of nitrogens with one attached hydrogen (secondary N) is 1. The third-order valence-electron chi connectivity index (χ3n) is 4.96. The third kappa shape index (κ3) is 4.84. The number of esters is 1. The summed E-state index contributed by atoms with van der Waals surface area (Å²) < 4.78 is 11.5. The van der Waals surface area contributed by atoms with E-state index in [-0.39, 0.29) is 23.7 Å². The zero-order chi connectivity index (χ0) is 19.2. The normalized spacial score (nSPS) is 21.0. The van der Waals surface area contributed by atoms with Gasteiger partial charge in [0.1, 0.15) is 0 Å². The first-order valence-electron chi connectivity index (χ1n) is 9.42. The van der Waals surface area contributed by atoms with Crippen LogP contribution in [-0.4, -0.2) is 43.2 Å².